The fourth-order valence-corrected chi connectivity index (χ4v) is 1.38. The average molecular weight is 157 g/mol. The first-order valence-corrected chi connectivity index (χ1v) is 3.79. The molecule has 0 bridgehead atoms. The van der Waals surface area contributed by atoms with Crippen LogP contribution in [0.15, 0.2) is 11.0 Å². The minimum atomic E-state index is -0.273. The first-order valence-electron chi connectivity index (χ1n) is 2.97. The summed E-state index contributed by atoms with van der Waals surface area (Å²) in [6, 6.07) is 0. The lowest BCUT2D eigenvalue weighted by Gasteiger charge is -1.85. The highest BCUT2D eigenvalue weighted by Crippen LogP contribution is 2.22. The van der Waals surface area contributed by atoms with Gasteiger partial charge in [0.25, 0.3) is 11.1 Å². The number of carbonyl (C=O) groups excluding carboxylic acids is 2. The number of thioether (sulfide) groups is 1. The van der Waals surface area contributed by atoms with Gasteiger partial charge in [0.2, 0.25) is 0 Å². The van der Waals surface area contributed by atoms with Crippen molar-refractivity contribution >= 4 is 22.9 Å². The number of allylic oxidation sites excluding steroid dienone is 1. The van der Waals surface area contributed by atoms with Crippen molar-refractivity contribution in [2.45, 2.75) is 13.3 Å². The van der Waals surface area contributed by atoms with Gasteiger partial charge in [-0.15, -0.1) is 0 Å². The molecule has 4 heteroatoms. The van der Waals surface area contributed by atoms with Crippen LogP contribution >= 0.6 is 11.8 Å². The zero-order valence-corrected chi connectivity index (χ0v) is 6.33. The van der Waals surface area contributed by atoms with Crippen molar-refractivity contribution in [3.8, 4) is 0 Å². The summed E-state index contributed by atoms with van der Waals surface area (Å²) in [5.41, 5.74) is 0. The Kier molecular flexibility index (Phi) is 2.11. The van der Waals surface area contributed by atoms with Gasteiger partial charge in [-0.1, -0.05) is 13.0 Å². The van der Waals surface area contributed by atoms with Crippen LogP contribution < -0.4 is 5.32 Å². The van der Waals surface area contributed by atoms with Gasteiger partial charge in [0.15, 0.2) is 0 Å². The molecule has 0 aromatic carbocycles. The SMILES string of the molecule is CC/C=C1/SC(=O)NC1=O. The van der Waals surface area contributed by atoms with Gasteiger partial charge in [-0.2, -0.15) is 0 Å². The number of nitrogens with one attached hydrogen (secondary N) is 1. The normalized spacial score (nSPS) is 21.9. The summed E-state index contributed by atoms with van der Waals surface area (Å²) < 4.78 is 0. The maximum atomic E-state index is 10.8. The predicted octanol–water partition coefficient (Wildman–Crippen LogP) is 1.26. The molecule has 1 N–H and O–H groups in total. The second kappa shape index (κ2) is 2.88. The summed E-state index contributed by atoms with van der Waals surface area (Å²) in [6.45, 7) is 1.92. The third kappa shape index (κ3) is 1.39. The molecule has 1 aliphatic rings. The Morgan fingerprint density at radius 3 is 2.70 bits per heavy atom. The van der Waals surface area contributed by atoms with Gasteiger partial charge in [0.05, 0.1) is 4.91 Å². The van der Waals surface area contributed by atoms with E-state index in [2.05, 4.69) is 5.32 Å². The van der Waals surface area contributed by atoms with E-state index < -0.39 is 0 Å². The maximum absolute atomic E-state index is 10.8. The molecule has 0 aliphatic carbocycles. The summed E-state index contributed by atoms with van der Waals surface area (Å²) in [6.07, 6.45) is 2.52. The molecule has 3 nitrogen and oxygen atoms in total. The van der Waals surface area contributed by atoms with Gasteiger partial charge >= 0.3 is 0 Å². The molecule has 1 saturated heterocycles. The standard InChI is InChI=1S/C6H7NO2S/c1-2-3-4-5(8)7-6(9)10-4/h3H,2H2,1H3,(H,7,8,9)/b4-3+. The summed E-state index contributed by atoms with van der Waals surface area (Å²) >= 11 is 0.960. The molecule has 0 spiro atoms. The summed E-state index contributed by atoms with van der Waals surface area (Å²) in [4.78, 5) is 21.8. The lowest BCUT2D eigenvalue weighted by atomic mass is 10.4. The van der Waals surface area contributed by atoms with Crippen molar-refractivity contribution in [2.75, 3.05) is 0 Å². The smallest absolute Gasteiger partial charge is 0.282 e. The van der Waals surface area contributed by atoms with Crippen LogP contribution in [0.25, 0.3) is 0 Å². The van der Waals surface area contributed by atoms with Gasteiger partial charge in [0.1, 0.15) is 0 Å². The minimum Gasteiger partial charge on any atom is -0.282 e. The zero-order valence-electron chi connectivity index (χ0n) is 5.51. The highest BCUT2D eigenvalue weighted by molar-refractivity contribution is 8.18. The van der Waals surface area contributed by atoms with E-state index in [0.29, 0.717) is 4.91 Å². The summed E-state index contributed by atoms with van der Waals surface area (Å²) in [5, 5.41) is 1.90. The third-order valence-corrected chi connectivity index (χ3v) is 1.89. The number of carbonyl (C=O) groups is 2. The van der Waals surface area contributed by atoms with Gasteiger partial charge in [-0.25, -0.2) is 0 Å². The Bertz CT molecular complexity index is 210. The maximum Gasteiger partial charge on any atom is 0.290 e. The Balaban J connectivity index is 2.72. The molecule has 0 aromatic rings. The Morgan fingerprint density at radius 1 is 1.60 bits per heavy atom. The lowest BCUT2D eigenvalue weighted by molar-refractivity contribution is -0.115. The summed E-state index contributed by atoms with van der Waals surface area (Å²) in [7, 11) is 0. The minimum absolute atomic E-state index is 0.267. The van der Waals surface area contributed by atoms with Crippen molar-refractivity contribution in [3.63, 3.8) is 0 Å². The van der Waals surface area contributed by atoms with E-state index in [1.165, 1.54) is 0 Å². The second-order valence-electron chi connectivity index (χ2n) is 1.82. The molecule has 0 atom stereocenters. The van der Waals surface area contributed by atoms with E-state index in [4.69, 9.17) is 0 Å². The van der Waals surface area contributed by atoms with E-state index in [1.807, 2.05) is 6.92 Å². The molecule has 1 fully saturated rings. The molecule has 0 radical (unpaired) electrons. The fourth-order valence-electron chi connectivity index (χ4n) is 0.646. The van der Waals surface area contributed by atoms with Crippen molar-refractivity contribution in [1.82, 2.24) is 5.32 Å². The lowest BCUT2D eigenvalue weighted by Crippen LogP contribution is -2.17. The van der Waals surface area contributed by atoms with Crippen molar-refractivity contribution < 1.29 is 9.59 Å². The van der Waals surface area contributed by atoms with Crippen LogP contribution in [0.4, 0.5) is 4.79 Å². The van der Waals surface area contributed by atoms with E-state index in [0.717, 1.165) is 18.2 Å². The molecule has 0 unspecified atom stereocenters. The fraction of sp³-hybridized carbons (Fsp3) is 0.333. The van der Waals surface area contributed by atoms with Crippen molar-refractivity contribution in [3.05, 3.63) is 11.0 Å². The van der Waals surface area contributed by atoms with Gasteiger partial charge in [-0.05, 0) is 18.2 Å². The van der Waals surface area contributed by atoms with Crippen LogP contribution in [0.3, 0.4) is 0 Å². The summed E-state index contributed by atoms with van der Waals surface area (Å²) in [5.74, 6) is -0.267. The zero-order chi connectivity index (χ0) is 7.56. The molecule has 54 valence electrons. The van der Waals surface area contributed by atoms with E-state index in [1.54, 1.807) is 6.08 Å². The number of amides is 2. The first-order chi connectivity index (χ1) is 4.74. The van der Waals surface area contributed by atoms with E-state index in [-0.39, 0.29) is 11.1 Å². The van der Waals surface area contributed by atoms with Gasteiger partial charge < -0.3 is 0 Å². The second-order valence-corrected chi connectivity index (χ2v) is 2.84. The number of rotatable bonds is 1. The Morgan fingerprint density at radius 2 is 2.30 bits per heavy atom. The largest absolute Gasteiger partial charge is 0.290 e. The van der Waals surface area contributed by atoms with Crippen LogP contribution in [0.5, 0.6) is 0 Å². The molecule has 0 aromatic heterocycles. The van der Waals surface area contributed by atoms with Crippen molar-refractivity contribution in [1.29, 1.82) is 0 Å². The Hall–Kier alpha value is -0.770. The number of imide groups is 1. The van der Waals surface area contributed by atoms with Crippen LogP contribution in [-0.4, -0.2) is 11.1 Å². The highest BCUT2D eigenvalue weighted by atomic mass is 32.2. The molecular formula is C6H7NO2S. The first kappa shape index (κ1) is 7.34. The molecule has 1 heterocycles. The van der Waals surface area contributed by atoms with E-state index in [9.17, 15) is 9.59 Å². The van der Waals surface area contributed by atoms with Crippen LogP contribution in [0, 0.1) is 0 Å². The molecule has 1 rings (SSSR count). The number of hydrogen-bond acceptors (Lipinski definition) is 3. The predicted molar refractivity (Wildman–Crippen MR) is 39.5 cm³/mol. The molecule has 2 amide bonds. The van der Waals surface area contributed by atoms with Crippen LogP contribution in [0.2, 0.25) is 0 Å². The van der Waals surface area contributed by atoms with E-state index >= 15 is 0 Å². The monoisotopic (exact) mass is 157 g/mol. The van der Waals surface area contributed by atoms with Crippen LogP contribution in [0.1, 0.15) is 13.3 Å². The molecule has 0 saturated carbocycles. The number of hydrogen-bond donors (Lipinski definition) is 1. The molecule has 1 aliphatic heterocycles. The van der Waals surface area contributed by atoms with Gasteiger partial charge in [-0.3, -0.25) is 14.9 Å². The topological polar surface area (TPSA) is 46.2 Å². The van der Waals surface area contributed by atoms with Crippen LogP contribution in [-0.2, 0) is 4.79 Å². The average Bonchev–Trinajstić information content (AvgIpc) is 2.13. The quantitative estimate of drug-likeness (QED) is 0.583. The highest BCUT2D eigenvalue weighted by Gasteiger charge is 2.23. The molecular weight excluding hydrogens is 150 g/mol. The van der Waals surface area contributed by atoms with Gasteiger partial charge in [0, 0.05) is 0 Å². The Labute approximate surface area is 62.9 Å². The molecule has 10 heavy (non-hydrogen) atoms. The van der Waals surface area contributed by atoms with Crippen molar-refractivity contribution in [2.24, 2.45) is 0 Å². The third-order valence-electron chi connectivity index (χ3n) is 1.03.